The predicted molar refractivity (Wildman–Crippen MR) is 85.1 cm³/mol. The van der Waals surface area contributed by atoms with Crippen molar-refractivity contribution in [2.45, 2.75) is 13.3 Å². The fourth-order valence-corrected chi connectivity index (χ4v) is 2.72. The third-order valence-electron chi connectivity index (χ3n) is 2.59. The lowest BCUT2D eigenvalue weighted by molar-refractivity contribution is -0.115. The Labute approximate surface area is 127 Å². The van der Waals surface area contributed by atoms with Gasteiger partial charge in [0, 0.05) is 0 Å². The van der Waals surface area contributed by atoms with Crippen molar-refractivity contribution in [2.75, 3.05) is 13.7 Å². The maximum atomic E-state index is 11.6. The normalized spacial score (nSPS) is 16.4. The number of hydrogen-bond acceptors (Lipinski definition) is 5. The Bertz CT molecular complexity index is 570. The highest BCUT2D eigenvalue weighted by molar-refractivity contribution is 8.26. The summed E-state index contributed by atoms with van der Waals surface area (Å²) in [5, 5.41) is 2.59. The Kier molecular flexibility index (Phi) is 5.03. The molecular formula is C14H15NO3S2. The Morgan fingerprint density at radius 3 is 2.80 bits per heavy atom. The minimum Gasteiger partial charge on any atom is -0.493 e. The van der Waals surface area contributed by atoms with E-state index in [1.807, 2.05) is 25.1 Å². The van der Waals surface area contributed by atoms with Crippen LogP contribution >= 0.6 is 24.0 Å². The summed E-state index contributed by atoms with van der Waals surface area (Å²) in [5.41, 5.74) is 0.874. The third kappa shape index (κ3) is 3.52. The first-order valence-electron chi connectivity index (χ1n) is 6.19. The fourth-order valence-electron chi connectivity index (χ4n) is 1.68. The summed E-state index contributed by atoms with van der Waals surface area (Å²) < 4.78 is 11.4. The van der Waals surface area contributed by atoms with E-state index in [1.54, 1.807) is 13.2 Å². The van der Waals surface area contributed by atoms with Crippen LogP contribution in [-0.2, 0) is 4.79 Å². The van der Waals surface area contributed by atoms with Crippen LogP contribution in [0.5, 0.6) is 11.5 Å². The lowest BCUT2D eigenvalue weighted by Gasteiger charge is -2.10. The molecular weight excluding hydrogens is 294 g/mol. The molecule has 1 N–H and O–H groups in total. The molecule has 20 heavy (non-hydrogen) atoms. The van der Waals surface area contributed by atoms with Crippen LogP contribution in [0.1, 0.15) is 18.9 Å². The van der Waals surface area contributed by atoms with Gasteiger partial charge in [0.2, 0.25) is 0 Å². The van der Waals surface area contributed by atoms with E-state index < -0.39 is 0 Å². The van der Waals surface area contributed by atoms with Crippen LogP contribution in [0.2, 0.25) is 0 Å². The SMILES string of the molecule is CCCOc1cc(C=C2SC(=S)NC2=O)ccc1OC. The van der Waals surface area contributed by atoms with Crippen molar-refractivity contribution in [3.8, 4) is 11.5 Å². The maximum absolute atomic E-state index is 11.6. The minimum absolute atomic E-state index is 0.160. The van der Waals surface area contributed by atoms with Crippen molar-refractivity contribution < 1.29 is 14.3 Å². The molecule has 1 aliphatic rings. The van der Waals surface area contributed by atoms with Gasteiger partial charge in [-0.05, 0) is 30.2 Å². The van der Waals surface area contributed by atoms with Gasteiger partial charge >= 0.3 is 0 Å². The summed E-state index contributed by atoms with van der Waals surface area (Å²) in [7, 11) is 1.60. The number of thioether (sulfide) groups is 1. The number of carbonyl (C=O) groups excluding carboxylic acids is 1. The van der Waals surface area contributed by atoms with Gasteiger partial charge in [0.1, 0.15) is 4.32 Å². The van der Waals surface area contributed by atoms with Crippen molar-refractivity contribution in [3.05, 3.63) is 28.7 Å². The quantitative estimate of drug-likeness (QED) is 0.669. The molecule has 0 aromatic heterocycles. The molecule has 0 saturated carbocycles. The highest BCUT2D eigenvalue weighted by Gasteiger charge is 2.22. The van der Waals surface area contributed by atoms with Gasteiger partial charge in [0.15, 0.2) is 11.5 Å². The number of ether oxygens (including phenoxy) is 2. The van der Waals surface area contributed by atoms with E-state index in [9.17, 15) is 4.79 Å². The van der Waals surface area contributed by atoms with Crippen LogP contribution in [0.25, 0.3) is 6.08 Å². The molecule has 0 atom stereocenters. The molecule has 1 amide bonds. The van der Waals surface area contributed by atoms with Crippen molar-refractivity contribution in [1.29, 1.82) is 0 Å². The van der Waals surface area contributed by atoms with Gasteiger partial charge in [-0.25, -0.2) is 0 Å². The Morgan fingerprint density at radius 2 is 2.20 bits per heavy atom. The molecule has 106 valence electrons. The number of hydrogen-bond donors (Lipinski definition) is 1. The summed E-state index contributed by atoms with van der Waals surface area (Å²) in [6, 6.07) is 5.56. The van der Waals surface area contributed by atoms with Crippen LogP contribution in [0.4, 0.5) is 0 Å². The second-order valence-corrected chi connectivity index (χ2v) is 5.83. The first kappa shape index (κ1) is 14.9. The zero-order valence-corrected chi connectivity index (χ0v) is 12.9. The van der Waals surface area contributed by atoms with Crippen molar-refractivity contribution in [3.63, 3.8) is 0 Å². The number of rotatable bonds is 5. The van der Waals surface area contributed by atoms with Crippen molar-refractivity contribution in [2.24, 2.45) is 0 Å². The van der Waals surface area contributed by atoms with E-state index >= 15 is 0 Å². The van der Waals surface area contributed by atoms with Crippen LogP contribution in [0.3, 0.4) is 0 Å². The summed E-state index contributed by atoms with van der Waals surface area (Å²) in [6.07, 6.45) is 2.71. The van der Waals surface area contributed by atoms with E-state index in [4.69, 9.17) is 21.7 Å². The first-order chi connectivity index (χ1) is 9.63. The molecule has 1 aromatic carbocycles. The highest BCUT2D eigenvalue weighted by atomic mass is 32.2. The van der Waals surface area contributed by atoms with Gasteiger partial charge in [-0.3, -0.25) is 4.79 Å². The summed E-state index contributed by atoms with van der Waals surface area (Å²) in [6.45, 7) is 2.66. The topological polar surface area (TPSA) is 47.6 Å². The Morgan fingerprint density at radius 1 is 1.40 bits per heavy atom. The second kappa shape index (κ2) is 6.76. The summed E-state index contributed by atoms with van der Waals surface area (Å²) >= 11 is 6.22. The van der Waals surface area contributed by atoms with Gasteiger partial charge in [-0.2, -0.15) is 0 Å². The Hall–Kier alpha value is -1.53. The molecule has 2 rings (SSSR count). The molecule has 1 saturated heterocycles. The van der Waals surface area contributed by atoms with Crippen molar-refractivity contribution in [1.82, 2.24) is 5.32 Å². The second-order valence-electron chi connectivity index (χ2n) is 4.11. The van der Waals surface area contributed by atoms with E-state index in [1.165, 1.54) is 11.8 Å². The van der Waals surface area contributed by atoms with E-state index in [0.29, 0.717) is 27.3 Å². The molecule has 0 unspecified atom stereocenters. The summed E-state index contributed by atoms with van der Waals surface area (Å²) in [5.74, 6) is 1.20. The van der Waals surface area contributed by atoms with Crippen LogP contribution in [0.15, 0.2) is 23.1 Å². The van der Waals surface area contributed by atoms with Gasteiger partial charge in [-0.1, -0.05) is 37.0 Å². The smallest absolute Gasteiger partial charge is 0.263 e. The van der Waals surface area contributed by atoms with E-state index in [0.717, 1.165) is 12.0 Å². The molecule has 1 aliphatic heterocycles. The molecule has 0 radical (unpaired) electrons. The van der Waals surface area contributed by atoms with Crippen LogP contribution in [0, 0.1) is 0 Å². The van der Waals surface area contributed by atoms with Crippen molar-refractivity contribution >= 4 is 40.3 Å². The maximum Gasteiger partial charge on any atom is 0.263 e. The van der Waals surface area contributed by atoms with E-state index in [-0.39, 0.29) is 5.91 Å². The van der Waals surface area contributed by atoms with Crippen LogP contribution < -0.4 is 14.8 Å². The molecule has 1 fully saturated rings. The fraction of sp³-hybridized carbons (Fsp3) is 0.286. The lowest BCUT2D eigenvalue weighted by atomic mass is 10.2. The predicted octanol–water partition coefficient (Wildman–Crippen LogP) is 2.97. The molecule has 0 bridgehead atoms. The summed E-state index contributed by atoms with van der Waals surface area (Å²) in [4.78, 5) is 12.2. The number of methoxy groups -OCH3 is 1. The highest BCUT2D eigenvalue weighted by Crippen LogP contribution is 2.31. The molecule has 1 heterocycles. The number of carbonyl (C=O) groups is 1. The van der Waals surface area contributed by atoms with Gasteiger partial charge in [-0.15, -0.1) is 0 Å². The zero-order chi connectivity index (χ0) is 14.5. The standard InChI is InChI=1S/C14H15NO3S2/c1-3-6-18-11-7-9(4-5-10(11)17-2)8-12-13(16)15-14(19)20-12/h4-5,7-8H,3,6H2,1-2H3,(H,15,16,19). The molecule has 6 heteroatoms. The number of nitrogens with one attached hydrogen (secondary N) is 1. The monoisotopic (exact) mass is 309 g/mol. The number of amides is 1. The van der Waals surface area contributed by atoms with Gasteiger partial charge in [0.25, 0.3) is 5.91 Å². The lowest BCUT2D eigenvalue weighted by Crippen LogP contribution is -2.17. The largest absolute Gasteiger partial charge is 0.493 e. The molecule has 0 aliphatic carbocycles. The zero-order valence-electron chi connectivity index (χ0n) is 11.3. The average Bonchev–Trinajstić information content (AvgIpc) is 2.75. The average molecular weight is 309 g/mol. The molecule has 1 aromatic rings. The van der Waals surface area contributed by atoms with Crippen LogP contribution in [-0.4, -0.2) is 23.9 Å². The third-order valence-corrected chi connectivity index (χ3v) is 3.75. The first-order valence-corrected chi connectivity index (χ1v) is 7.42. The number of benzene rings is 1. The van der Waals surface area contributed by atoms with Gasteiger partial charge in [0.05, 0.1) is 18.6 Å². The van der Waals surface area contributed by atoms with E-state index in [2.05, 4.69) is 5.32 Å². The minimum atomic E-state index is -0.160. The Balaban J connectivity index is 2.26. The number of thiocarbonyl (C=S) groups is 1. The van der Waals surface area contributed by atoms with Gasteiger partial charge < -0.3 is 14.8 Å². The molecule has 0 spiro atoms. The molecule has 4 nitrogen and oxygen atoms in total.